The fraction of sp³-hybridized carbons (Fsp3) is 0. The Kier molecular flexibility index (Phi) is 5.18. The standard InChI is InChI=1S/C24H16ClN3S/c25-18-13-11-17(12-14-18)21-20(15-26)23(27)28(19-9-5-2-6-10-19)24(29)22(21)16-7-3-1-4-8-16/h1-14H,27H2. The molecule has 1 aromatic heterocycles. The third-order valence-electron chi connectivity index (χ3n) is 4.74. The van der Waals surface area contributed by atoms with Gasteiger partial charge in [0.25, 0.3) is 0 Å². The normalized spacial score (nSPS) is 10.5. The van der Waals surface area contributed by atoms with Crippen LogP contribution in [0.25, 0.3) is 27.9 Å². The molecule has 3 aromatic carbocycles. The highest BCUT2D eigenvalue weighted by Gasteiger charge is 2.21. The van der Waals surface area contributed by atoms with Crippen LogP contribution in [0.2, 0.25) is 5.02 Å². The lowest BCUT2D eigenvalue weighted by atomic mass is 9.92. The van der Waals surface area contributed by atoms with Gasteiger partial charge < -0.3 is 5.73 Å². The fourth-order valence-electron chi connectivity index (χ4n) is 3.42. The van der Waals surface area contributed by atoms with E-state index in [1.54, 1.807) is 16.7 Å². The molecule has 29 heavy (non-hydrogen) atoms. The van der Waals surface area contributed by atoms with Crippen molar-refractivity contribution in [1.82, 2.24) is 4.57 Å². The minimum Gasteiger partial charge on any atom is -0.384 e. The van der Waals surface area contributed by atoms with E-state index < -0.39 is 0 Å². The molecule has 4 aromatic rings. The monoisotopic (exact) mass is 413 g/mol. The van der Waals surface area contributed by atoms with Crippen molar-refractivity contribution < 1.29 is 0 Å². The number of nitrogens with two attached hydrogens (primary N) is 1. The summed E-state index contributed by atoms with van der Waals surface area (Å²) >= 11 is 12.0. The Morgan fingerprint density at radius 2 is 1.34 bits per heavy atom. The summed E-state index contributed by atoms with van der Waals surface area (Å²) in [6.45, 7) is 0. The number of nitrogen functional groups attached to an aromatic ring is 1. The number of nitriles is 1. The van der Waals surface area contributed by atoms with Gasteiger partial charge >= 0.3 is 0 Å². The van der Waals surface area contributed by atoms with E-state index in [-0.39, 0.29) is 0 Å². The summed E-state index contributed by atoms with van der Waals surface area (Å²) in [6.07, 6.45) is 0. The predicted molar refractivity (Wildman–Crippen MR) is 122 cm³/mol. The predicted octanol–water partition coefficient (Wildman–Crippen LogP) is 6.65. The van der Waals surface area contributed by atoms with E-state index in [0.717, 1.165) is 22.4 Å². The number of halogens is 1. The molecule has 2 N–H and O–H groups in total. The van der Waals surface area contributed by atoms with Crippen LogP contribution in [0.15, 0.2) is 84.9 Å². The van der Waals surface area contributed by atoms with Crippen LogP contribution < -0.4 is 5.73 Å². The van der Waals surface area contributed by atoms with Crippen molar-refractivity contribution in [2.75, 3.05) is 5.73 Å². The van der Waals surface area contributed by atoms with Crippen molar-refractivity contribution in [3.8, 4) is 34.0 Å². The molecule has 0 amide bonds. The second-order valence-electron chi connectivity index (χ2n) is 6.47. The minimum absolute atomic E-state index is 0.313. The number of hydrogen-bond donors (Lipinski definition) is 1. The van der Waals surface area contributed by atoms with E-state index >= 15 is 0 Å². The van der Waals surface area contributed by atoms with E-state index in [9.17, 15) is 5.26 Å². The molecular formula is C24H16ClN3S. The average molecular weight is 414 g/mol. The van der Waals surface area contributed by atoms with Crippen LogP contribution in [-0.4, -0.2) is 4.57 Å². The third kappa shape index (κ3) is 3.42. The summed E-state index contributed by atoms with van der Waals surface area (Å²) in [7, 11) is 0. The molecule has 0 saturated carbocycles. The average Bonchev–Trinajstić information content (AvgIpc) is 2.75. The molecular weight excluding hydrogens is 398 g/mol. The Labute approximate surface area is 179 Å². The molecule has 0 bridgehead atoms. The smallest absolute Gasteiger partial charge is 0.127 e. The zero-order valence-corrected chi connectivity index (χ0v) is 16.9. The molecule has 0 radical (unpaired) electrons. The second-order valence-corrected chi connectivity index (χ2v) is 7.29. The van der Waals surface area contributed by atoms with Crippen molar-refractivity contribution in [2.24, 2.45) is 0 Å². The SMILES string of the molecule is N#Cc1c(-c2ccc(Cl)cc2)c(-c2ccccc2)c(=S)n(-c2ccccc2)c1N. The number of anilines is 1. The van der Waals surface area contributed by atoms with Crippen LogP contribution in [0, 0.1) is 16.0 Å². The first kappa shape index (κ1) is 18.9. The van der Waals surface area contributed by atoms with E-state index in [1.807, 2.05) is 72.8 Å². The van der Waals surface area contributed by atoms with Gasteiger partial charge in [0.15, 0.2) is 0 Å². The Morgan fingerprint density at radius 3 is 1.93 bits per heavy atom. The van der Waals surface area contributed by atoms with Crippen molar-refractivity contribution in [2.45, 2.75) is 0 Å². The summed E-state index contributed by atoms with van der Waals surface area (Å²) in [4.78, 5) is 0. The second kappa shape index (κ2) is 7.92. The number of aromatic nitrogens is 1. The van der Waals surface area contributed by atoms with E-state index in [2.05, 4.69) is 6.07 Å². The lowest BCUT2D eigenvalue weighted by Crippen LogP contribution is -2.10. The van der Waals surface area contributed by atoms with E-state index in [0.29, 0.717) is 26.6 Å². The van der Waals surface area contributed by atoms with Gasteiger partial charge in [-0.2, -0.15) is 5.26 Å². The summed E-state index contributed by atoms with van der Waals surface area (Å²) in [5, 5.41) is 10.7. The number of benzene rings is 3. The topological polar surface area (TPSA) is 54.7 Å². The third-order valence-corrected chi connectivity index (χ3v) is 5.37. The van der Waals surface area contributed by atoms with Crippen molar-refractivity contribution in [3.05, 3.63) is 100 Å². The number of rotatable bonds is 3. The number of para-hydroxylation sites is 1. The first-order chi connectivity index (χ1) is 14.1. The van der Waals surface area contributed by atoms with Crippen LogP contribution in [0.1, 0.15) is 5.56 Å². The summed E-state index contributed by atoms with van der Waals surface area (Å²) < 4.78 is 2.30. The Hall–Kier alpha value is -3.39. The van der Waals surface area contributed by atoms with Gasteiger partial charge in [-0.1, -0.05) is 84.5 Å². The Bertz CT molecular complexity index is 1270. The largest absolute Gasteiger partial charge is 0.384 e. The summed E-state index contributed by atoms with van der Waals surface area (Å²) in [6, 6.07) is 29.1. The van der Waals surface area contributed by atoms with Crippen molar-refractivity contribution >= 4 is 29.6 Å². The molecule has 0 atom stereocenters. The molecule has 0 aliphatic carbocycles. The van der Waals surface area contributed by atoms with Gasteiger partial charge in [0.05, 0.1) is 0 Å². The van der Waals surface area contributed by atoms with Gasteiger partial charge in [-0.15, -0.1) is 0 Å². The van der Waals surface area contributed by atoms with Gasteiger partial charge in [-0.25, -0.2) is 0 Å². The lowest BCUT2D eigenvalue weighted by Gasteiger charge is -2.20. The summed E-state index contributed by atoms with van der Waals surface area (Å²) in [5.74, 6) is 0.313. The van der Waals surface area contributed by atoms with E-state index in [4.69, 9.17) is 29.6 Å². The number of nitrogens with zero attached hydrogens (tertiary/aromatic N) is 2. The Balaban J connectivity index is 2.17. The highest BCUT2D eigenvalue weighted by Crippen LogP contribution is 2.40. The zero-order chi connectivity index (χ0) is 20.4. The fourth-order valence-corrected chi connectivity index (χ4v) is 3.97. The molecule has 0 aliphatic rings. The maximum atomic E-state index is 10.0. The minimum atomic E-state index is 0.313. The van der Waals surface area contributed by atoms with Crippen LogP contribution in [0.4, 0.5) is 5.82 Å². The van der Waals surface area contributed by atoms with Crippen LogP contribution >= 0.6 is 23.8 Å². The molecule has 1 heterocycles. The molecule has 0 aliphatic heterocycles. The van der Waals surface area contributed by atoms with Gasteiger partial charge in [0.1, 0.15) is 22.1 Å². The quantitative estimate of drug-likeness (QED) is 0.382. The molecule has 0 fully saturated rings. The van der Waals surface area contributed by atoms with Gasteiger partial charge in [-0.05, 0) is 35.4 Å². The molecule has 3 nitrogen and oxygen atoms in total. The highest BCUT2D eigenvalue weighted by atomic mass is 35.5. The molecule has 0 saturated heterocycles. The van der Waals surface area contributed by atoms with Gasteiger partial charge in [0, 0.05) is 21.8 Å². The molecule has 0 spiro atoms. The molecule has 5 heteroatoms. The molecule has 140 valence electrons. The number of hydrogen-bond acceptors (Lipinski definition) is 3. The van der Waals surface area contributed by atoms with E-state index in [1.165, 1.54) is 0 Å². The first-order valence-electron chi connectivity index (χ1n) is 8.97. The maximum Gasteiger partial charge on any atom is 0.127 e. The molecule has 0 unspecified atom stereocenters. The van der Waals surface area contributed by atoms with Crippen LogP contribution in [0.3, 0.4) is 0 Å². The van der Waals surface area contributed by atoms with Crippen molar-refractivity contribution in [1.29, 1.82) is 5.26 Å². The van der Waals surface area contributed by atoms with Gasteiger partial charge in [-0.3, -0.25) is 4.57 Å². The van der Waals surface area contributed by atoms with Gasteiger partial charge in [0.2, 0.25) is 0 Å². The molecule has 4 rings (SSSR count). The van der Waals surface area contributed by atoms with Crippen molar-refractivity contribution in [3.63, 3.8) is 0 Å². The van der Waals surface area contributed by atoms with Crippen LogP contribution in [0.5, 0.6) is 0 Å². The zero-order valence-electron chi connectivity index (χ0n) is 15.3. The maximum absolute atomic E-state index is 10.0. The first-order valence-corrected chi connectivity index (χ1v) is 9.76. The lowest BCUT2D eigenvalue weighted by molar-refractivity contribution is 1.04. The number of pyridine rings is 1. The summed E-state index contributed by atoms with van der Waals surface area (Å²) in [5.41, 5.74) is 10.9. The highest BCUT2D eigenvalue weighted by molar-refractivity contribution is 7.71. The Morgan fingerprint density at radius 1 is 0.793 bits per heavy atom. The van der Waals surface area contributed by atoms with Crippen LogP contribution in [-0.2, 0) is 0 Å².